The first-order valence-electron chi connectivity index (χ1n) is 11.3. The summed E-state index contributed by atoms with van der Waals surface area (Å²) in [6.07, 6.45) is 1.81. The van der Waals surface area contributed by atoms with Crippen molar-refractivity contribution in [3.8, 4) is 22.7 Å². The Morgan fingerprint density at radius 2 is 1.79 bits per heavy atom. The zero-order valence-electron chi connectivity index (χ0n) is 19.7. The molecule has 1 N–H and O–H groups in total. The molecule has 0 saturated carbocycles. The molecular formula is C26H32N4O3. The van der Waals surface area contributed by atoms with Crippen LogP contribution in [-0.4, -0.2) is 46.7 Å². The quantitative estimate of drug-likeness (QED) is 0.485. The highest BCUT2D eigenvalue weighted by atomic mass is 16.5. The van der Waals surface area contributed by atoms with Gasteiger partial charge in [-0.25, -0.2) is 4.68 Å². The third kappa shape index (κ3) is 6.22. The SMILES string of the molecule is CCCCN(CC(=O)Nc1cc(-c2ccccc2)nn1-c1ccc(OC)cc1)C(=O)C(C)C. The van der Waals surface area contributed by atoms with Crippen LogP contribution in [0.3, 0.4) is 0 Å². The fourth-order valence-corrected chi connectivity index (χ4v) is 3.48. The van der Waals surface area contributed by atoms with Gasteiger partial charge in [0.1, 0.15) is 11.6 Å². The molecule has 0 saturated heterocycles. The monoisotopic (exact) mass is 448 g/mol. The van der Waals surface area contributed by atoms with Crippen molar-refractivity contribution in [3.63, 3.8) is 0 Å². The third-order valence-corrected chi connectivity index (χ3v) is 5.29. The highest BCUT2D eigenvalue weighted by Gasteiger charge is 2.21. The minimum atomic E-state index is -0.255. The first-order chi connectivity index (χ1) is 15.9. The van der Waals surface area contributed by atoms with Gasteiger partial charge in [0.2, 0.25) is 11.8 Å². The predicted molar refractivity (Wildman–Crippen MR) is 131 cm³/mol. The van der Waals surface area contributed by atoms with Crippen LogP contribution in [-0.2, 0) is 9.59 Å². The first-order valence-corrected chi connectivity index (χ1v) is 11.3. The summed E-state index contributed by atoms with van der Waals surface area (Å²) in [6, 6.07) is 19.1. The summed E-state index contributed by atoms with van der Waals surface area (Å²) >= 11 is 0. The van der Waals surface area contributed by atoms with Gasteiger partial charge in [-0.05, 0) is 30.7 Å². The molecule has 3 aromatic rings. The van der Waals surface area contributed by atoms with E-state index >= 15 is 0 Å². The number of carbonyl (C=O) groups is 2. The van der Waals surface area contributed by atoms with Crippen molar-refractivity contribution >= 4 is 17.6 Å². The minimum Gasteiger partial charge on any atom is -0.497 e. The van der Waals surface area contributed by atoms with Gasteiger partial charge in [0.05, 0.1) is 25.0 Å². The van der Waals surface area contributed by atoms with Gasteiger partial charge in [-0.1, -0.05) is 57.5 Å². The van der Waals surface area contributed by atoms with Crippen LogP contribution in [0.2, 0.25) is 0 Å². The molecule has 0 atom stereocenters. The Balaban J connectivity index is 1.88. The maximum Gasteiger partial charge on any atom is 0.245 e. The highest BCUT2D eigenvalue weighted by Crippen LogP contribution is 2.26. The van der Waals surface area contributed by atoms with Crippen molar-refractivity contribution < 1.29 is 14.3 Å². The zero-order chi connectivity index (χ0) is 23.8. The lowest BCUT2D eigenvalue weighted by atomic mass is 10.1. The van der Waals surface area contributed by atoms with Crippen LogP contribution in [0.25, 0.3) is 16.9 Å². The van der Waals surface area contributed by atoms with Crippen LogP contribution in [0.5, 0.6) is 5.75 Å². The molecule has 1 heterocycles. The Labute approximate surface area is 195 Å². The van der Waals surface area contributed by atoms with Crippen molar-refractivity contribution in [2.45, 2.75) is 33.6 Å². The summed E-state index contributed by atoms with van der Waals surface area (Å²) < 4.78 is 6.95. The van der Waals surface area contributed by atoms with Gasteiger partial charge < -0.3 is 15.0 Å². The molecule has 7 nitrogen and oxygen atoms in total. The second kappa shape index (κ2) is 11.3. The number of anilines is 1. The van der Waals surface area contributed by atoms with Gasteiger partial charge in [-0.15, -0.1) is 0 Å². The van der Waals surface area contributed by atoms with Crippen molar-refractivity contribution in [3.05, 3.63) is 60.7 Å². The van der Waals surface area contributed by atoms with Gasteiger partial charge in [0, 0.05) is 24.1 Å². The van der Waals surface area contributed by atoms with E-state index in [-0.39, 0.29) is 24.3 Å². The highest BCUT2D eigenvalue weighted by molar-refractivity contribution is 5.94. The number of unbranched alkanes of at least 4 members (excludes halogenated alkanes) is 1. The lowest BCUT2D eigenvalue weighted by Gasteiger charge is -2.24. The number of hydrogen-bond donors (Lipinski definition) is 1. The molecule has 2 amide bonds. The van der Waals surface area contributed by atoms with Crippen LogP contribution in [0.1, 0.15) is 33.6 Å². The van der Waals surface area contributed by atoms with E-state index < -0.39 is 0 Å². The lowest BCUT2D eigenvalue weighted by molar-refractivity contribution is -0.137. The number of carbonyl (C=O) groups excluding carboxylic acids is 2. The van der Waals surface area contributed by atoms with Crippen molar-refractivity contribution in [2.24, 2.45) is 5.92 Å². The number of aromatic nitrogens is 2. The number of methoxy groups -OCH3 is 1. The summed E-state index contributed by atoms with van der Waals surface area (Å²) in [7, 11) is 1.62. The summed E-state index contributed by atoms with van der Waals surface area (Å²) in [5, 5.41) is 7.70. The van der Waals surface area contributed by atoms with Crippen LogP contribution >= 0.6 is 0 Å². The van der Waals surface area contributed by atoms with E-state index in [2.05, 4.69) is 12.2 Å². The number of ether oxygens (including phenoxy) is 1. The molecule has 0 aliphatic carbocycles. The molecule has 2 aromatic carbocycles. The molecule has 0 spiro atoms. The Kier molecular flexibility index (Phi) is 8.24. The standard InChI is InChI=1S/C26H32N4O3/c1-5-6-16-29(26(32)19(2)3)18-25(31)27-24-17-23(20-10-8-7-9-11-20)28-30(24)21-12-14-22(33-4)15-13-21/h7-15,17,19H,5-6,16,18H2,1-4H3,(H,27,31). The van der Waals surface area contributed by atoms with Crippen LogP contribution in [0, 0.1) is 5.92 Å². The Bertz CT molecular complexity index is 1060. The van der Waals surface area contributed by atoms with E-state index in [0.717, 1.165) is 35.5 Å². The topological polar surface area (TPSA) is 76.5 Å². The average molecular weight is 449 g/mol. The summed E-state index contributed by atoms with van der Waals surface area (Å²) in [5.41, 5.74) is 2.47. The minimum absolute atomic E-state index is 0.00543. The summed E-state index contributed by atoms with van der Waals surface area (Å²) in [5.74, 6) is 0.834. The molecule has 7 heteroatoms. The van der Waals surface area contributed by atoms with E-state index in [1.807, 2.05) is 74.5 Å². The maximum absolute atomic E-state index is 13.0. The molecule has 3 rings (SSSR count). The first kappa shape index (κ1) is 24.0. The molecular weight excluding hydrogens is 416 g/mol. The molecule has 0 unspecified atom stereocenters. The molecule has 0 fully saturated rings. The molecule has 0 radical (unpaired) electrons. The number of nitrogens with zero attached hydrogens (tertiary/aromatic N) is 3. The number of nitrogens with one attached hydrogen (secondary N) is 1. The van der Waals surface area contributed by atoms with E-state index in [9.17, 15) is 9.59 Å². The maximum atomic E-state index is 13.0. The largest absolute Gasteiger partial charge is 0.497 e. The Morgan fingerprint density at radius 1 is 1.09 bits per heavy atom. The van der Waals surface area contributed by atoms with Crippen LogP contribution < -0.4 is 10.1 Å². The van der Waals surface area contributed by atoms with E-state index in [0.29, 0.717) is 12.4 Å². The van der Waals surface area contributed by atoms with E-state index in [4.69, 9.17) is 9.84 Å². The molecule has 0 aliphatic rings. The lowest BCUT2D eigenvalue weighted by Crippen LogP contribution is -2.40. The number of amides is 2. The number of rotatable bonds is 10. The Morgan fingerprint density at radius 3 is 2.39 bits per heavy atom. The van der Waals surface area contributed by atoms with Crippen LogP contribution in [0.4, 0.5) is 5.82 Å². The number of benzene rings is 2. The molecule has 0 bridgehead atoms. The second-order valence-electron chi connectivity index (χ2n) is 8.21. The average Bonchev–Trinajstić information content (AvgIpc) is 3.25. The van der Waals surface area contributed by atoms with E-state index in [1.54, 1.807) is 16.7 Å². The zero-order valence-corrected chi connectivity index (χ0v) is 19.7. The molecule has 174 valence electrons. The third-order valence-electron chi connectivity index (χ3n) is 5.29. The fourth-order valence-electron chi connectivity index (χ4n) is 3.48. The smallest absolute Gasteiger partial charge is 0.245 e. The van der Waals surface area contributed by atoms with Gasteiger partial charge in [0.15, 0.2) is 0 Å². The van der Waals surface area contributed by atoms with Gasteiger partial charge >= 0.3 is 0 Å². The molecule has 1 aromatic heterocycles. The number of hydrogen-bond acceptors (Lipinski definition) is 4. The molecule has 0 aliphatic heterocycles. The normalized spacial score (nSPS) is 10.8. The van der Waals surface area contributed by atoms with Gasteiger partial charge in [0.25, 0.3) is 0 Å². The van der Waals surface area contributed by atoms with Crippen molar-refractivity contribution in [1.29, 1.82) is 0 Å². The van der Waals surface area contributed by atoms with Gasteiger partial charge in [-0.3, -0.25) is 9.59 Å². The van der Waals surface area contributed by atoms with Crippen LogP contribution in [0.15, 0.2) is 60.7 Å². The summed E-state index contributed by atoms with van der Waals surface area (Å²) in [6.45, 7) is 6.34. The Hall–Kier alpha value is -3.61. The second-order valence-corrected chi connectivity index (χ2v) is 8.21. The fraction of sp³-hybridized carbons (Fsp3) is 0.346. The van der Waals surface area contributed by atoms with E-state index in [1.165, 1.54) is 0 Å². The van der Waals surface area contributed by atoms with Crippen molar-refractivity contribution in [1.82, 2.24) is 14.7 Å². The molecule has 33 heavy (non-hydrogen) atoms. The summed E-state index contributed by atoms with van der Waals surface area (Å²) in [4.78, 5) is 27.2. The van der Waals surface area contributed by atoms with Crippen molar-refractivity contribution in [2.75, 3.05) is 25.5 Å². The van der Waals surface area contributed by atoms with Gasteiger partial charge in [-0.2, -0.15) is 5.10 Å². The predicted octanol–water partition coefficient (Wildman–Crippen LogP) is 4.77.